The molecule has 0 aliphatic carbocycles. The van der Waals surface area contributed by atoms with Gasteiger partial charge in [0.05, 0.1) is 6.61 Å². The summed E-state index contributed by atoms with van der Waals surface area (Å²) in [5, 5.41) is 2.82. The lowest BCUT2D eigenvalue weighted by atomic mass is 10.1. The Bertz CT molecular complexity index is 755. The van der Waals surface area contributed by atoms with Gasteiger partial charge in [0, 0.05) is 25.0 Å². The fourth-order valence-electron chi connectivity index (χ4n) is 2.18. The second-order valence-corrected chi connectivity index (χ2v) is 5.52. The Morgan fingerprint density at radius 2 is 1.96 bits per heavy atom. The first-order chi connectivity index (χ1) is 12.6. The van der Waals surface area contributed by atoms with Crippen LogP contribution in [0.2, 0.25) is 0 Å². The van der Waals surface area contributed by atoms with E-state index in [-0.39, 0.29) is 12.5 Å². The summed E-state index contributed by atoms with van der Waals surface area (Å²) in [5.74, 6) is -0.0115. The molecule has 0 radical (unpaired) electrons. The van der Waals surface area contributed by atoms with Crippen molar-refractivity contribution in [3.8, 4) is 5.75 Å². The van der Waals surface area contributed by atoms with Crippen LogP contribution in [0.5, 0.6) is 5.75 Å². The third-order valence-corrected chi connectivity index (χ3v) is 3.51. The summed E-state index contributed by atoms with van der Waals surface area (Å²) in [4.78, 5) is 27.3. The predicted molar refractivity (Wildman–Crippen MR) is 98.3 cm³/mol. The topological polar surface area (TPSA) is 77.5 Å². The molecule has 1 aromatic heterocycles. The van der Waals surface area contributed by atoms with Gasteiger partial charge >= 0.3 is 5.97 Å². The molecule has 2 rings (SSSR count). The molecule has 0 unspecified atom stereocenters. The molecule has 0 spiro atoms. The van der Waals surface area contributed by atoms with Crippen molar-refractivity contribution in [2.45, 2.75) is 20.4 Å². The maximum Gasteiger partial charge on any atom is 0.344 e. The summed E-state index contributed by atoms with van der Waals surface area (Å²) >= 11 is 0. The lowest BCUT2D eigenvalue weighted by Gasteiger charge is -2.07. The molecule has 0 saturated heterocycles. The molecule has 6 heteroatoms. The number of hydrogen-bond donors (Lipinski definition) is 1. The van der Waals surface area contributed by atoms with Gasteiger partial charge in [-0.15, -0.1) is 0 Å². The van der Waals surface area contributed by atoms with Crippen LogP contribution in [0.15, 0.2) is 54.9 Å². The van der Waals surface area contributed by atoms with Gasteiger partial charge in [-0.3, -0.25) is 9.78 Å². The first kappa shape index (κ1) is 19.2. The smallest absolute Gasteiger partial charge is 0.344 e. The highest BCUT2D eigenvalue weighted by molar-refractivity contribution is 5.94. The van der Waals surface area contributed by atoms with Gasteiger partial charge in [0.2, 0.25) is 5.91 Å². The highest BCUT2D eigenvalue weighted by atomic mass is 16.6. The number of pyridine rings is 1. The van der Waals surface area contributed by atoms with Crippen molar-refractivity contribution < 1.29 is 19.1 Å². The summed E-state index contributed by atoms with van der Waals surface area (Å²) in [6.07, 6.45) is 4.95. The first-order valence-electron chi connectivity index (χ1n) is 8.32. The van der Waals surface area contributed by atoms with Gasteiger partial charge in [-0.2, -0.15) is 0 Å². The van der Waals surface area contributed by atoms with Crippen molar-refractivity contribution in [1.29, 1.82) is 0 Å². The Hall–Kier alpha value is -3.15. The lowest BCUT2D eigenvalue weighted by molar-refractivity contribution is -0.145. The van der Waals surface area contributed by atoms with Crippen LogP contribution in [0.1, 0.15) is 25.0 Å². The third-order valence-electron chi connectivity index (χ3n) is 3.51. The van der Waals surface area contributed by atoms with Crippen molar-refractivity contribution in [1.82, 2.24) is 10.3 Å². The van der Waals surface area contributed by atoms with Crippen molar-refractivity contribution in [3.05, 3.63) is 66.0 Å². The molecule has 136 valence electrons. The zero-order valence-corrected chi connectivity index (χ0v) is 14.9. The van der Waals surface area contributed by atoms with E-state index in [0.717, 1.165) is 16.7 Å². The zero-order chi connectivity index (χ0) is 18.8. The highest BCUT2D eigenvalue weighted by Crippen LogP contribution is 2.18. The van der Waals surface area contributed by atoms with E-state index < -0.39 is 5.97 Å². The van der Waals surface area contributed by atoms with Crippen molar-refractivity contribution in [2.75, 3.05) is 13.2 Å². The van der Waals surface area contributed by atoms with Crippen LogP contribution in [-0.4, -0.2) is 30.1 Å². The Morgan fingerprint density at radius 3 is 2.62 bits per heavy atom. The number of allylic oxidation sites excluding steroid dienone is 1. The van der Waals surface area contributed by atoms with E-state index in [4.69, 9.17) is 9.47 Å². The summed E-state index contributed by atoms with van der Waals surface area (Å²) in [6, 6.07) is 10.9. The Morgan fingerprint density at radius 1 is 1.19 bits per heavy atom. The maximum atomic E-state index is 12.0. The van der Waals surface area contributed by atoms with Crippen LogP contribution in [0.25, 0.3) is 5.57 Å². The molecular weight excluding hydrogens is 332 g/mol. The monoisotopic (exact) mass is 354 g/mol. The molecule has 6 nitrogen and oxygen atoms in total. The van der Waals surface area contributed by atoms with E-state index in [1.807, 2.05) is 31.2 Å². The molecule has 0 bridgehead atoms. The first-order valence-corrected chi connectivity index (χ1v) is 8.32. The number of hydrogen-bond acceptors (Lipinski definition) is 5. The maximum absolute atomic E-state index is 12.0. The predicted octanol–water partition coefficient (Wildman–Crippen LogP) is 2.74. The molecule has 0 fully saturated rings. The molecule has 2 aromatic rings. The van der Waals surface area contributed by atoms with Gasteiger partial charge in [-0.05, 0) is 48.7 Å². The highest BCUT2D eigenvalue weighted by Gasteiger charge is 2.05. The quantitative estimate of drug-likeness (QED) is 0.583. The van der Waals surface area contributed by atoms with Crippen molar-refractivity contribution in [2.24, 2.45) is 0 Å². The number of nitrogens with one attached hydrogen (secondary N) is 1. The SMILES string of the molecule is CCOC(=O)COc1ccc(/C(C)=C/C(=O)NCc2cccnc2)cc1. The molecular formula is C20H22N2O4. The number of esters is 1. The molecule has 1 amide bonds. The van der Waals surface area contributed by atoms with Crippen LogP contribution in [0, 0.1) is 0 Å². The number of benzene rings is 1. The van der Waals surface area contributed by atoms with Gasteiger partial charge in [-0.1, -0.05) is 18.2 Å². The molecule has 0 aliphatic heterocycles. The molecule has 26 heavy (non-hydrogen) atoms. The summed E-state index contributed by atoms with van der Waals surface area (Å²) in [6.45, 7) is 4.23. The van der Waals surface area contributed by atoms with Gasteiger partial charge in [0.25, 0.3) is 0 Å². The van der Waals surface area contributed by atoms with Gasteiger partial charge in [0.15, 0.2) is 6.61 Å². The Balaban J connectivity index is 1.87. The van der Waals surface area contributed by atoms with Gasteiger partial charge < -0.3 is 14.8 Å². The van der Waals surface area contributed by atoms with Gasteiger partial charge in [0.1, 0.15) is 5.75 Å². The largest absolute Gasteiger partial charge is 0.482 e. The molecule has 0 atom stereocenters. The number of carbonyl (C=O) groups is 2. The number of amides is 1. The van der Waals surface area contributed by atoms with E-state index in [1.165, 1.54) is 0 Å². The second kappa shape index (κ2) is 9.98. The van der Waals surface area contributed by atoms with Crippen LogP contribution < -0.4 is 10.1 Å². The number of carbonyl (C=O) groups excluding carboxylic acids is 2. The minimum Gasteiger partial charge on any atom is -0.482 e. The molecule has 1 aromatic carbocycles. The van der Waals surface area contributed by atoms with E-state index in [2.05, 4.69) is 10.3 Å². The minimum absolute atomic E-state index is 0.126. The van der Waals surface area contributed by atoms with Crippen molar-refractivity contribution in [3.63, 3.8) is 0 Å². The van der Waals surface area contributed by atoms with E-state index in [9.17, 15) is 9.59 Å². The second-order valence-electron chi connectivity index (χ2n) is 5.52. The van der Waals surface area contributed by atoms with Crippen LogP contribution in [0.4, 0.5) is 0 Å². The molecule has 0 saturated carbocycles. The number of nitrogens with zero attached hydrogens (tertiary/aromatic N) is 1. The fraction of sp³-hybridized carbons (Fsp3) is 0.250. The average molecular weight is 354 g/mol. The number of ether oxygens (including phenoxy) is 2. The number of rotatable bonds is 8. The van der Waals surface area contributed by atoms with E-state index in [1.54, 1.807) is 37.5 Å². The molecule has 0 aliphatic rings. The Labute approximate surface area is 152 Å². The lowest BCUT2D eigenvalue weighted by Crippen LogP contribution is -2.20. The van der Waals surface area contributed by atoms with Crippen molar-refractivity contribution >= 4 is 17.4 Å². The standard InChI is InChI=1S/C20H22N2O4/c1-3-25-20(24)14-26-18-8-6-17(7-9-18)15(2)11-19(23)22-13-16-5-4-10-21-12-16/h4-12H,3,13-14H2,1-2H3,(H,22,23)/b15-11+. The van der Waals surface area contributed by atoms with E-state index >= 15 is 0 Å². The molecule has 1 N–H and O–H groups in total. The average Bonchev–Trinajstić information content (AvgIpc) is 2.66. The van der Waals surface area contributed by atoms with Gasteiger partial charge in [-0.25, -0.2) is 4.79 Å². The van der Waals surface area contributed by atoms with Crippen LogP contribution in [-0.2, 0) is 20.9 Å². The minimum atomic E-state index is -0.405. The van der Waals surface area contributed by atoms with Crippen LogP contribution in [0.3, 0.4) is 0 Å². The molecule has 1 heterocycles. The summed E-state index contributed by atoms with van der Waals surface area (Å²) < 4.78 is 10.1. The van der Waals surface area contributed by atoms with E-state index in [0.29, 0.717) is 18.9 Å². The number of aromatic nitrogens is 1. The van der Waals surface area contributed by atoms with Crippen LogP contribution >= 0.6 is 0 Å². The fourth-order valence-corrected chi connectivity index (χ4v) is 2.18. The normalized spacial score (nSPS) is 10.9. The Kier molecular flexibility index (Phi) is 7.36. The zero-order valence-electron chi connectivity index (χ0n) is 14.9. The summed E-state index contributed by atoms with van der Waals surface area (Å²) in [7, 11) is 0. The summed E-state index contributed by atoms with van der Waals surface area (Å²) in [5.41, 5.74) is 2.66. The third kappa shape index (κ3) is 6.39.